The van der Waals surface area contributed by atoms with Crippen LogP contribution in [0, 0.1) is 5.41 Å². The van der Waals surface area contributed by atoms with E-state index < -0.39 is 0 Å². The average molecular weight is 221 g/mol. The van der Waals surface area contributed by atoms with Crippen molar-refractivity contribution in [3.05, 3.63) is 24.0 Å². The van der Waals surface area contributed by atoms with Crippen LogP contribution in [0.2, 0.25) is 0 Å². The van der Waals surface area contributed by atoms with Crippen LogP contribution in [0.5, 0.6) is 0 Å². The zero-order valence-electron chi connectivity index (χ0n) is 10.1. The highest BCUT2D eigenvalue weighted by atomic mass is 16.5. The van der Waals surface area contributed by atoms with Crippen LogP contribution in [0.25, 0.3) is 0 Å². The van der Waals surface area contributed by atoms with Gasteiger partial charge in [-0.25, -0.2) is 0 Å². The molecule has 1 fully saturated rings. The van der Waals surface area contributed by atoms with Crippen LogP contribution in [-0.4, -0.2) is 23.6 Å². The van der Waals surface area contributed by atoms with Crippen molar-refractivity contribution in [1.29, 1.82) is 0 Å². The third-order valence-corrected chi connectivity index (χ3v) is 3.76. The minimum Gasteiger partial charge on any atom is -0.378 e. The van der Waals surface area contributed by atoms with Crippen molar-refractivity contribution in [2.75, 3.05) is 6.61 Å². The van der Waals surface area contributed by atoms with Gasteiger partial charge in [0.15, 0.2) is 6.29 Å². The molecule has 2 unspecified atom stereocenters. The summed E-state index contributed by atoms with van der Waals surface area (Å²) in [5.74, 6) is 0. The maximum absolute atomic E-state index is 10.9. The Morgan fingerprint density at radius 3 is 2.94 bits per heavy atom. The zero-order chi connectivity index (χ0) is 11.8. The number of rotatable bonds is 4. The molecule has 0 aromatic carbocycles. The van der Waals surface area contributed by atoms with E-state index in [1.165, 1.54) is 0 Å². The highest BCUT2D eigenvalue weighted by molar-refractivity contribution is 5.72. The number of nitrogens with zero attached hydrogens (tertiary/aromatic N) is 1. The first-order chi connectivity index (χ1) is 7.61. The van der Waals surface area contributed by atoms with Crippen molar-refractivity contribution in [2.45, 2.75) is 39.3 Å². The molecule has 0 bridgehead atoms. The van der Waals surface area contributed by atoms with E-state index >= 15 is 0 Å². The molecule has 3 nitrogen and oxygen atoms in total. The molecule has 1 aliphatic rings. The Bertz CT molecular complexity index is 381. The summed E-state index contributed by atoms with van der Waals surface area (Å²) in [6, 6.07) is 4.16. The van der Waals surface area contributed by atoms with Crippen LogP contribution >= 0.6 is 0 Å². The van der Waals surface area contributed by atoms with Crippen molar-refractivity contribution in [1.82, 2.24) is 4.57 Å². The lowest BCUT2D eigenvalue weighted by atomic mass is 9.64. The number of aromatic nitrogens is 1. The summed E-state index contributed by atoms with van der Waals surface area (Å²) in [6.07, 6.45) is 4.21. The largest absolute Gasteiger partial charge is 0.378 e. The highest BCUT2D eigenvalue weighted by Gasteiger charge is 2.50. The van der Waals surface area contributed by atoms with Gasteiger partial charge >= 0.3 is 0 Å². The van der Waals surface area contributed by atoms with Gasteiger partial charge in [-0.15, -0.1) is 0 Å². The molecule has 0 N–H and O–H groups in total. The Labute approximate surface area is 96.4 Å². The van der Waals surface area contributed by atoms with E-state index in [1.807, 2.05) is 25.3 Å². The van der Waals surface area contributed by atoms with E-state index in [4.69, 9.17) is 4.74 Å². The van der Waals surface area contributed by atoms with E-state index in [-0.39, 0.29) is 5.41 Å². The SMILES string of the molecule is CCOC1CC(n2cccc2C=O)C1(C)C. The molecular weight excluding hydrogens is 202 g/mol. The van der Waals surface area contributed by atoms with Crippen LogP contribution < -0.4 is 0 Å². The summed E-state index contributed by atoms with van der Waals surface area (Å²) < 4.78 is 7.77. The first-order valence-corrected chi connectivity index (χ1v) is 5.85. The standard InChI is InChI=1S/C13H19NO2/c1-4-16-12-8-11(13(12,2)3)14-7-5-6-10(14)9-15/h5-7,9,11-12H,4,8H2,1-3H3. The maximum Gasteiger partial charge on any atom is 0.166 e. The predicted octanol–water partition coefficient (Wildman–Crippen LogP) is 2.68. The van der Waals surface area contributed by atoms with Crippen molar-refractivity contribution >= 4 is 6.29 Å². The van der Waals surface area contributed by atoms with Gasteiger partial charge in [-0.05, 0) is 25.5 Å². The fourth-order valence-corrected chi connectivity index (χ4v) is 2.61. The van der Waals surface area contributed by atoms with Gasteiger partial charge in [-0.2, -0.15) is 0 Å². The molecule has 1 aliphatic carbocycles. The van der Waals surface area contributed by atoms with E-state index in [1.54, 1.807) is 0 Å². The Balaban J connectivity index is 2.17. The Kier molecular flexibility index (Phi) is 2.89. The smallest absolute Gasteiger partial charge is 0.166 e. The number of hydrogen-bond acceptors (Lipinski definition) is 2. The predicted molar refractivity (Wildman–Crippen MR) is 62.7 cm³/mol. The van der Waals surface area contributed by atoms with Gasteiger partial charge in [-0.3, -0.25) is 4.79 Å². The van der Waals surface area contributed by atoms with Gasteiger partial charge in [0.1, 0.15) is 0 Å². The third kappa shape index (κ3) is 1.59. The fourth-order valence-electron chi connectivity index (χ4n) is 2.61. The first kappa shape index (κ1) is 11.4. The van der Waals surface area contributed by atoms with Gasteiger partial charge < -0.3 is 9.30 Å². The van der Waals surface area contributed by atoms with Gasteiger partial charge in [0.05, 0.1) is 11.8 Å². The summed E-state index contributed by atoms with van der Waals surface area (Å²) in [5.41, 5.74) is 0.861. The van der Waals surface area contributed by atoms with Crippen LogP contribution in [0.4, 0.5) is 0 Å². The molecule has 1 aromatic rings. The average Bonchev–Trinajstić information content (AvgIpc) is 2.71. The molecule has 0 spiro atoms. The lowest BCUT2D eigenvalue weighted by molar-refractivity contribution is -0.127. The molecule has 2 atom stereocenters. The van der Waals surface area contributed by atoms with Crippen molar-refractivity contribution in [3.63, 3.8) is 0 Å². The summed E-state index contributed by atoms with van der Waals surface area (Å²) in [7, 11) is 0. The first-order valence-electron chi connectivity index (χ1n) is 5.85. The minimum absolute atomic E-state index is 0.104. The van der Waals surface area contributed by atoms with Crippen LogP contribution in [-0.2, 0) is 4.74 Å². The van der Waals surface area contributed by atoms with Gasteiger partial charge in [0.2, 0.25) is 0 Å². The lowest BCUT2D eigenvalue weighted by Crippen LogP contribution is -2.51. The third-order valence-electron chi connectivity index (χ3n) is 3.76. The van der Waals surface area contributed by atoms with Crippen LogP contribution in [0.1, 0.15) is 43.7 Å². The number of hydrogen-bond donors (Lipinski definition) is 0. The highest BCUT2D eigenvalue weighted by Crippen LogP contribution is 2.51. The number of ether oxygens (including phenoxy) is 1. The van der Waals surface area contributed by atoms with Crippen LogP contribution in [0.15, 0.2) is 18.3 Å². The Morgan fingerprint density at radius 2 is 2.38 bits per heavy atom. The molecule has 0 saturated heterocycles. The van der Waals surface area contributed by atoms with Gasteiger partial charge in [0, 0.05) is 24.3 Å². The summed E-state index contributed by atoms with van der Waals surface area (Å²) in [5, 5.41) is 0. The Morgan fingerprint density at radius 1 is 1.62 bits per heavy atom. The molecule has 0 amide bonds. The number of carbonyl (C=O) groups excluding carboxylic acids is 1. The number of aldehydes is 1. The van der Waals surface area contributed by atoms with E-state index in [0.29, 0.717) is 12.1 Å². The zero-order valence-corrected chi connectivity index (χ0v) is 10.1. The van der Waals surface area contributed by atoms with E-state index in [0.717, 1.165) is 25.0 Å². The van der Waals surface area contributed by atoms with E-state index in [9.17, 15) is 4.79 Å². The molecule has 88 valence electrons. The van der Waals surface area contributed by atoms with Crippen molar-refractivity contribution in [3.8, 4) is 0 Å². The fraction of sp³-hybridized carbons (Fsp3) is 0.615. The van der Waals surface area contributed by atoms with E-state index in [2.05, 4.69) is 18.4 Å². The lowest BCUT2D eigenvalue weighted by Gasteiger charge is -2.52. The molecule has 1 saturated carbocycles. The topological polar surface area (TPSA) is 31.2 Å². The Hall–Kier alpha value is -1.09. The van der Waals surface area contributed by atoms with Crippen molar-refractivity contribution in [2.24, 2.45) is 5.41 Å². The molecule has 0 radical (unpaired) electrons. The quantitative estimate of drug-likeness (QED) is 0.732. The molecule has 16 heavy (non-hydrogen) atoms. The summed E-state index contributed by atoms with van der Waals surface area (Å²) >= 11 is 0. The van der Waals surface area contributed by atoms with Crippen LogP contribution in [0.3, 0.4) is 0 Å². The molecular formula is C13H19NO2. The normalized spacial score (nSPS) is 27.4. The number of carbonyl (C=O) groups is 1. The second-order valence-electron chi connectivity index (χ2n) is 4.98. The monoisotopic (exact) mass is 221 g/mol. The molecule has 3 heteroatoms. The van der Waals surface area contributed by atoms with Crippen molar-refractivity contribution < 1.29 is 9.53 Å². The van der Waals surface area contributed by atoms with Gasteiger partial charge in [0.25, 0.3) is 0 Å². The molecule has 1 heterocycles. The van der Waals surface area contributed by atoms with Gasteiger partial charge in [-0.1, -0.05) is 13.8 Å². The second kappa shape index (κ2) is 4.06. The molecule has 1 aromatic heterocycles. The second-order valence-corrected chi connectivity index (χ2v) is 4.98. The summed E-state index contributed by atoms with van der Waals surface area (Å²) in [4.78, 5) is 10.9. The molecule has 0 aliphatic heterocycles. The molecule has 2 rings (SSSR count). The maximum atomic E-state index is 10.9. The summed E-state index contributed by atoms with van der Waals surface area (Å²) in [6.45, 7) is 7.19. The minimum atomic E-state index is 0.104.